The Morgan fingerprint density at radius 2 is 1.62 bits per heavy atom. The third kappa shape index (κ3) is 5.65. The molecule has 0 aliphatic carbocycles. The lowest BCUT2D eigenvalue weighted by molar-refractivity contribution is -0.138. The summed E-state index contributed by atoms with van der Waals surface area (Å²) in [6.07, 6.45) is 0. The van der Waals surface area contributed by atoms with Crippen LogP contribution in [0.3, 0.4) is 0 Å². The van der Waals surface area contributed by atoms with Crippen molar-refractivity contribution in [3.05, 3.63) is 0 Å². The summed E-state index contributed by atoms with van der Waals surface area (Å²) >= 11 is 5.50. The summed E-state index contributed by atoms with van der Waals surface area (Å²) in [6, 6.07) is 0.410. The summed E-state index contributed by atoms with van der Waals surface area (Å²) < 4.78 is 9.92. The smallest absolute Gasteiger partial charge is 0.462 e. The fourth-order valence-corrected chi connectivity index (χ4v) is 3.74. The van der Waals surface area contributed by atoms with Crippen LogP contribution in [0.2, 0.25) is 12.6 Å². The highest BCUT2D eigenvalue weighted by atomic mass is 35.5. The van der Waals surface area contributed by atoms with Gasteiger partial charge >= 0.3 is 8.56 Å². The Balaban J connectivity index is 4.32. The van der Waals surface area contributed by atoms with Gasteiger partial charge < -0.3 is 8.85 Å². The van der Waals surface area contributed by atoms with E-state index in [0.717, 1.165) is 0 Å². The quantitative estimate of drug-likeness (QED) is 0.536. The van der Waals surface area contributed by atoms with Crippen LogP contribution < -0.4 is 0 Å². The minimum Gasteiger partial charge on any atom is -0.485 e. The van der Waals surface area contributed by atoms with E-state index >= 15 is 0 Å². The van der Waals surface area contributed by atoms with Gasteiger partial charge in [-0.25, -0.2) is 0 Å². The number of carbonyl (C=O) groups is 2. The molecular weight excluding hydrogens is 212 g/mol. The van der Waals surface area contributed by atoms with Gasteiger partial charge in [-0.3, -0.25) is 9.59 Å². The summed E-state index contributed by atoms with van der Waals surface area (Å²) in [4.78, 5) is 21.4. The van der Waals surface area contributed by atoms with Crippen LogP contribution in [0.4, 0.5) is 0 Å². The van der Waals surface area contributed by atoms with Gasteiger partial charge in [-0.15, -0.1) is 11.6 Å². The third-order valence-electron chi connectivity index (χ3n) is 1.27. The highest BCUT2D eigenvalue weighted by molar-refractivity contribution is 6.69. The van der Waals surface area contributed by atoms with Gasteiger partial charge in [0.25, 0.3) is 11.9 Å². The Kier molecular flexibility index (Phi) is 5.01. The monoisotopic (exact) mass is 224 g/mol. The van der Waals surface area contributed by atoms with E-state index in [-0.39, 0.29) is 0 Å². The normalized spacial score (nSPS) is 10.8. The van der Waals surface area contributed by atoms with Gasteiger partial charge in [0.05, 0.1) is 0 Å². The average Bonchev–Trinajstić information content (AvgIpc) is 1.81. The zero-order valence-corrected chi connectivity index (χ0v) is 9.68. The lowest BCUT2D eigenvalue weighted by atomic mass is 10.9. The summed E-state index contributed by atoms with van der Waals surface area (Å²) in [5.41, 5.74) is 0. The lowest BCUT2D eigenvalue weighted by Crippen LogP contribution is -2.42. The van der Waals surface area contributed by atoms with Crippen molar-refractivity contribution in [2.24, 2.45) is 0 Å². The van der Waals surface area contributed by atoms with Crippen molar-refractivity contribution in [1.29, 1.82) is 0 Å². The van der Waals surface area contributed by atoms with Crippen LogP contribution in [-0.2, 0) is 18.4 Å². The molecule has 0 heterocycles. The van der Waals surface area contributed by atoms with E-state index in [0.29, 0.717) is 11.9 Å². The third-order valence-corrected chi connectivity index (χ3v) is 4.37. The van der Waals surface area contributed by atoms with Gasteiger partial charge in [-0.1, -0.05) is 0 Å². The molecule has 0 amide bonds. The second-order valence-electron chi connectivity index (χ2n) is 2.76. The van der Waals surface area contributed by atoms with Crippen LogP contribution in [0.15, 0.2) is 0 Å². The molecule has 0 fully saturated rings. The second-order valence-corrected chi connectivity index (χ2v) is 6.31. The number of carbonyl (C=O) groups excluding carboxylic acids is 2. The molecule has 0 saturated carbocycles. The Morgan fingerprint density at radius 1 is 1.23 bits per heavy atom. The molecule has 0 aliphatic rings. The first-order chi connectivity index (χ1) is 5.89. The maximum Gasteiger partial charge on any atom is 0.462 e. The number of hydrogen-bond donors (Lipinski definition) is 0. The van der Waals surface area contributed by atoms with Gasteiger partial charge in [-0.05, 0) is 0 Å². The van der Waals surface area contributed by atoms with Crippen molar-refractivity contribution in [2.75, 3.05) is 5.88 Å². The maximum atomic E-state index is 10.7. The van der Waals surface area contributed by atoms with Crippen molar-refractivity contribution < 1.29 is 18.4 Å². The predicted molar refractivity (Wildman–Crippen MR) is 50.7 cm³/mol. The van der Waals surface area contributed by atoms with Crippen molar-refractivity contribution in [3.8, 4) is 0 Å². The molecule has 0 aromatic heterocycles. The standard InChI is InChI=1S/C7H13ClO4Si/c1-6(9)11-13(3,5-4-8)12-7(2)10/h4-5H2,1-3H3. The van der Waals surface area contributed by atoms with Crippen LogP contribution in [-0.4, -0.2) is 26.4 Å². The van der Waals surface area contributed by atoms with Crippen molar-refractivity contribution >= 4 is 32.1 Å². The van der Waals surface area contributed by atoms with Crippen molar-refractivity contribution in [1.82, 2.24) is 0 Å². The van der Waals surface area contributed by atoms with Crippen LogP contribution in [0.5, 0.6) is 0 Å². The molecule has 0 N–H and O–H groups in total. The number of halogens is 1. The molecule has 0 aromatic carbocycles. The molecule has 6 heteroatoms. The molecule has 13 heavy (non-hydrogen) atoms. The highest BCUT2D eigenvalue weighted by Crippen LogP contribution is 2.14. The molecule has 0 bridgehead atoms. The SMILES string of the molecule is CC(=O)O[Si](C)(CCCl)OC(C)=O. The van der Waals surface area contributed by atoms with Gasteiger partial charge in [0.2, 0.25) is 0 Å². The zero-order chi connectivity index (χ0) is 10.5. The van der Waals surface area contributed by atoms with E-state index in [4.69, 9.17) is 20.5 Å². The fraction of sp³-hybridized carbons (Fsp3) is 0.714. The first-order valence-corrected chi connectivity index (χ1v) is 6.90. The Morgan fingerprint density at radius 3 is 1.85 bits per heavy atom. The van der Waals surface area contributed by atoms with E-state index in [1.807, 2.05) is 0 Å². The molecule has 0 rings (SSSR count). The highest BCUT2D eigenvalue weighted by Gasteiger charge is 2.37. The summed E-state index contributed by atoms with van der Waals surface area (Å²) in [5, 5.41) is 0. The van der Waals surface area contributed by atoms with E-state index in [9.17, 15) is 9.59 Å². The zero-order valence-electron chi connectivity index (χ0n) is 7.93. The Hall–Kier alpha value is -0.553. The van der Waals surface area contributed by atoms with Crippen LogP contribution >= 0.6 is 11.6 Å². The topological polar surface area (TPSA) is 52.6 Å². The predicted octanol–water partition coefficient (Wildman–Crippen LogP) is 1.42. The largest absolute Gasteiger partial charge is 0.485 e. The van der Waals surface area contributed by atoms with E-state index < -0.39 is 20.5 Å². The van der Waals surface area contributed by atoms with Gasteiger partial charge in [0.15, 0.2) is 0 Å². The van der Waals surface area contributed by atoms with Gasteiger partial charge in [-0.2, -0.15) is 0 Å². The van der Waals surface area contributed by atoms with Gasteiger partial charge in [0.1, 0.15) is 0 Å². The molecule has 0 radical (unpaired) electrons. The maximum absolute atomic E-state index is 10.7. The summed E-state index contributed by atoms with van der Waals surface area (Å²) in [6.45, 7) is 4.20. The number of alkyl halides is 1. The lowest BCUT2D eigenvalue weighted by Gasteiger charge is -2.23. The number of hydrogen-bond acceptors (Lipinski definition) is 4. The fourth-order valence-electron chi connectivity index (χ4n) is 0.903. The number of rotatable bonds is 4. The molecule has 0 aromatic rings. The molecule has 76 valence electrons. The van der Waals surface area contributed by atoms with Crippen LogP contribution in [0.1, 0.15) is 13.8 Å². The summed E-state index contributed by atoms with van der Waals surface area (Å²) in [7, 11) is -2.71. The molecule has 4 nitrogen and oxygen atoms in total. The minimum atomic E-state index is -2.71. The van der Waals surface area contributed by atoms with Gasteiger partial charge in [0, 0.05) is 32.3 Å². The van der Waals surface area contributed by atoms with Crippen molar-refractivity contribution in [3.63, 3.8) is 0 Å². The first kappa shape index (κ1) is 12.4. The molecule has 0 spiro atoms. The first-order valence-electron chi connectivity index (χ1n) is 3.85. The van der Waals surface area contributed by atoms with E-state index in [1.165, 1.54) is 13.8 Å². The molecule has 0 unspecified atom stereocenters. The molecule has 0 atom stereocenters. The Bertz CT molecular complexity index is 191. The average molecular weight is 225 g/mol. The molecular formula is C7H13ClO4Si. The molecule has 0 aliphatic heterocycles. The summed E-state index contributed by atoms with van der Waals surface area (Å²) in [5.74, 6) is -0.579. The van der Waals surface area contributed by atoms with E-state index in [1.54, 1.807) is 6.55 Å². The van der Waals surface area contributed by atoms with Crippen LogP contribution in [0.25, 0.3) is 0 Å². The van der Waals surface area contributed by atoms with Crippen LogP contribution in [0, 0.1) is 0 Å². The Labute approximate surface area is 83.4 Å². The minimum absolute atomic E-state index is 0.309. The van der Waals surface area contributed by atoms with E-state index in [2.05, 4.69) is 0 Å². The second kappa shape index (κ2) is 5.24. The molecule has 0 saturated heterocycles. The van der Waals surface area contributed by atoms with Crippen molar-refractivity contribution in [2.45, 2.75) is 26.4 Å².